The second-order valence-corrected chi connectivity index (χ2v) is 6.70. The average molecular weight is 267 g/mol. The molecule has 0 fully saturated rings. The first kappa shape index (κ1) is 14.8. The third-order valence-corrected chi connectivity index (χ3v) is 3.97. The van der Waals surface area contributed by atoms with Gasteiger partial charge in [0.05, 0.1) is 5.54 Å². The topological polar surface area (TPSA) is 12.4 Å². The molecule has 0 N–H and O–H groups in total. The Morgan fingerprint density at radius 1 is 1.00 bits per heavy atom. The van der Waals surface area contributed by atoms with Gasteiger partial charge in [-0.1, -0.05) is 29.8 Å². The van der Waals surface area contributed by atoms with E-state index in [1.165, 1.54) is 33.4 Å². The first-order chi connectivity index (χ1) is 9.29. The van der Waals surface area contributed by atoms with E-state index in [0.29, 0.717) is 0 Å². The third-order valence-electron chi connectivity index (χ3n) is 3.97. The highest BCUT2D eigenvalue weighted by molar-refractivity contribution is 5.91. The summed E-state index contributed by atoms with van der Waals surface area (Å²) in [6.07, 6.45) is 3.09. The Morgan fingerprint density at radius 3 is 2.20 bits per heavy atom. The molecule has 0 atom stereocenters. The Kier molecular flexibility index (Phi) is 3.99. The number of benzene rings is 1. The van der Waals surface area contributed by atoms with Crippen LogP contribution in [0.15, 0.2) is 46.0 Å². The Morgan fingerprint density at radius 2 is 1.65 bits per heavy atom. The summed E-state index contributed by atoms with van der Waals surface area (Å²) in [5.41, 5.74) is 8.34. The van der Waals surface area contributed by atoms with Gasteiger partial charge in [-0.25, -0.2) is 0 Å². The normalized spacial score (nSPS) is 16.7. The van der Waals surface area contributed by atoms with Crippen molar-refractivity contribution in [3.05, 3.63) is 52.1 Å². The molecule has 1 nitrogen and oxygen atoms in total. The summed E-state index contributed by atoms with van der Waals surface area (Å²) in [5.74, 6) is 0. The molecule has 0 heterocycles. The van der Waals surface area contributed by atoms with Crippen LogP contribution in [0, 0.1) is 0 Å². The Labute approximate surface area is 123 Å². The van der Waals surface area contributed by atoms with Crippen LogP contribution in [0.1, 0.15) is 59.1 Å². The molecule has 0 spiro atoms. The van der Waals surface area contributed by atoms with Gasteiger partial charge in [0.15, 0.2) is 0 Å². The first-order valence-electron chi connectivity index (χ1n) is 7.30. The van der Waals surface area contributed by atoms with Crippen molar-refractivity contribution in [2.24, 2.45) is 4.99 Å². The van der Waals surface area contributed by atoms with Gasteiger partial charge in [0.25, 0.3) is 0 Å². The molecule has 1 aromatic carbocycles. The summed E-state index contributed by atoms with van der Waals surface area (Å²) in [4.78, 5) is 4.66. The van der Waals surface area contributed by atoms with Gasteiger partial charge < -0.3 is 0 Å². The SMILES string of the molecule is CC1=C(C)C(C)=C(c2ccccc2/C=N/C(C)(C)C)C1. The number of hydrogen-bond acceptors (Lipinski definition) is 1. The highest BCUT2D eigenvalue weighted by Crippen LogP contribution is 2.38. The van der Waals surface area contributed by atoms with Crippen molar-refractivity contribution in [2.75, 3.05) is 0 Å². The van der Waals surface area contributed by atoms with E-state index in [1.54, 1.807) is 0 Å². The molecule has 0 saturated heterocycles. The Hall–Kier alpha value is -1.63. The highest BCUT2D eigenvalue weighted by Gasteiger charge is 2.18. The summed E-state index contributed by atoms with van der Waals surface area (Å²) >= 11 is 0. The van der Waals surface area contributed by atoms with Crippen LogP contribution in [0.4, 0.5) is 0 Å². The molecule has 20 heavy (non-hydrogen) atoms. The van der Waals surface area contributed by atoms with Crippen molar-refractivity contribution in [2.45, 2.75) is 53.5 Å². The molecule has 1 heteroatoms. The molecule has 0 unspecified atom stereocenters. The molecule has 1 aliphatic carbocycles. The molecule has 0 amide bonds. The van der Waals surface area contributed by atoms with Crippen molar-refractivity contribution in [1.29, 1.82) is 0 Å². The monoisotopic (exact) mass is 267 g/mol. The first-order valence-corrected chi connectivity index (χ1v) is 7.30. The number of allylic oxidation sites excluding steroid dienone is 4. The second kappa shape index (κ2) is 5.40. The number of aliphatic imine (C=N–C) groups is 1. The summed E-state index contributed by atoms with van der Waals surface area (Å²) < 4.78 is 0. The number of rotatable bonds is 2. The zero-order valence-electron chi connectivity index (χ0n) is 13.5. The van der Waals surface area contributed by atoms with Gasteiger partial charge in [-0.05, 0) is 75.8 Å². The minimum absolute atomic E-state index is 0.0315. The quantitative estimate of drug-likeness (QED) is 0.635. The lowest BCUT2D eigenvalue weighted by Gasteiger charge is -2.13. The van der Waals surface area contributed by atoms with Crippen LogP contribution >= 0.6 is 0 Å². The molecule has 1 aliphatic rings. The summed E-state index contributed by atoms with van der Waals surface area (Å²) in [5, 5.41) is 0. The largest absolute Gasteiger partial charge is 0.287 e. The smallest absolute Gasteiger partial charge is 0.0524 e. The zero-order valence-corrected chi connectivity index (χ0v) is 13.5. The van der Waals surface area contributed by atoms with Crippen molar-refractivity contribution >= 4 is 11.8 Å². The molecule has 106 valence electrons. The molecule has 0 aromatic heterocycles. The Balaban J connectivity index is 2.43. The zero-order chi connectivity index (χ0) is 14.9. The number of hydrogen-bond donors (Lipinski definition) is 0. The summed E-state index contributed by atoms with van der Waals surface area (Å²) in [7, 11) is 0. The van der Waals surface area contributed by atoms with E-state index in [0.717, 1.165) is 6.42 Å². The predicted molar refractivity (Wildman–Crippen MR) is 89.4 cm³/mol. The molecule has 0 bridgehead atoms. The lowest BCUT2D eigenvalue weighted by Crippen LogP contribution is -2.10. The molecule has 2 rings (SSSR count). The van der Waals surface area contributed by atoms with E-state index in [2.05, 4.69) is 70.8 Å². The van der Waals surface area contributed by atoms with Crippen LogP contribution in [0.3, 0.4) is 0 Å². The highest BCUT2D eigenvalue weighted by atomic mass is 14.8. The van der Waals surface area contributed by atoms with E-state index in [1.807, 2.05) is 6.21 Å². The lowest BCUT2D eigenvalue weighted by atomic mass is 9.95. The fraction of sp³-hybridized carbons (Fsp3) is 0.421. The predicted octanol–water partition coefficient (Wildman–Crippen LogP) is 5.42. The fourth-order valence-corrected chi connectivity index (χ4v) is 2.52. The number of nitrogens with zero attached hydrogens (tertiary/aromatic N) is 1. The van der Waals surface area contributed by atoms with Crippen LogP contribution < -0.4 is 0 Å². The third kappa shape index (κ3) is 3.09. The molecular formula is C19H25N. The lowest BCUT2D eigenvalue weighted by molar-refractivity contribution is 0.586. The molecule has 1 aromatic rings. The molecule has 0 radical (unpaired) electrons. The van der Waals surface area contributed by atoms with Crippen LogP contribution in [0.2, 0.25) is 0 Å². The summed E-state index contributed by atoms with van der Waals surface area (Å²) in [6, 6.07) is 8.58. The van der Waals surface area contributed by atoms with E-state index < -0.39 is 0 Å². The van der Waals surface area contributed by atoms with Crippen LogP contribution in [0.5, 0.6) is 0 Å². The van der Waals surface area contributed by atoms with E-state index in [9.17, 15) is 0 Å². The van der Waals surface area contributed by atoms with E-state index in [4.69, 9.17) is 0 Å². The van der Waals surface area contributed by atoms with Crippen LogP contribution in [-0.2, 0) is 0 Å². The van der Waals surface area contributed by atoms with Crippen LogP contribution in [-0.4, -0.2) is 11.8 Å². The maximum atomic E-state index is 4.66. The maximum absolute atomic E-state index is 4.66. The van der Waals surface area contributed by atoms with Gasteiger partial charge in [-0.15, -0.1) is 0 Å². The fourth-order valence-electron chi connectivity index (χ4n) is 2.52. The molecular weight excluding hydrogens is 242 g/mol. The van der Waals surface area contributed by atoms with Gasteiger partial charge in [-0.3, -0.25) is 4.99 Å². The second-order valence-electron chi connectivity index (χ2n) is 6.70. The van der Waals surface area contributed by atoms with Gasteiger partial charge in [0, 0.05) is 6.21 Å². The van der Waals surface area contributed by atoms with Crippen molar-refractivity contribution < 1.29 is 0 Å². The standard InChI is InChI=1S/C19H25N/c1-13-11-18(15(3)14(13)2)17-10-8-7-9-16(17)12-20-19(4,5)6/h7-10,12H,11H2,1-6H3/b20-12+. The molecule has 0 saturated carbocycles. The minimum Gasteiger partial charge on any atom is -0.287 e. The maximum Gasteiger partial charge on any atom is 0.0524 e. The summed E-state index contributed by atoms with van der Waals surface area (Å²) in [6.45, 7) is 13.1. The van der Waals surface area contributed by atoms with Gasteiger partial charge >= 0.3 is 0 Å². The van der Waals surface area contributed by atoms with Gasteiger partial charge in [-0.2, -0.15) is 0 Å². The molecule has 0 aliphatic heterocycles. The van der Waals surface area contributed by atoms with Crippen molar-refractivity contribution in [1.82, 2.24) is 0 Å². The van der Waals surface area contributed by atoms with Crippen molar-refractivity contribution in [3.63, 3.8) is 0 Å². The van der Waals surface area contributed by atoms with Gasteiger partial charge in [0.1, 0.15) is 0 Å². The van der Waals surface area contributed by atoms with Gasteiger partial charge in [0.2, 0.25) is 0 Å². The van der Waals surface area contributed by atoms with Crippen molar-refractivity contribution in [3.8, 4) is 0 Å². The van der Waals surface area contributed by atoms with E-state index in [-0.39, 0.29) is 5.54 Å². The minimum atomic E-state index is -0.0315. The van der Waals surface area contributed by atoms with E-state index >= 15 is 0 Å². The average Bonchev–Trinajstić information content (AvgIpc) is 2.64. The van der Waals surface area contributed by atoms with Crippen LogP contribution in [0.25, 0.3) is 5.57 Å². The Bertz CT molecular complexity index is 607.